The van der Waals surface area contributed by atoms with Crippen molar-refractivity contribution >= 4 is 0 Å². The van der Waals surface area contributed by atoms with Crippen LogP contribution in [0.25, 0.3) is 0 Å². The number of hydrogen-bond donors (Lipinski definition) is 2. The molecule has 1 unspecified atom stereocenters. The first-order chi connectivity index (χ1) is 8.67. The molecule has 0 fully saturated rings. The van der Waals surface area contributed by atoms with E-state index in [0.717, 1.165) is 29.7 Å². The molecule has 0 radical (unpaired) electrons. The minimum atomic E-state index is -0.602. The number of aryl methyl sites for hydroxylation is 1. The van der Waals surface area contributed by atoms with Gasteiger partial charge in [0.05, 0.1) is 20.3 Å². The molecule has 0 aliphatic rings. The van der Waals surface area contributed by atoms with Gasteiger partial charge in [0.2, 0.25) is 0 Å². The zero-order valence-corrected chi connectivity index (χ0v) is 11.6. The predicted octanol–water partition coefficient (Wildman–Crippen LogP) is 1.91. The van der Waals surface area contributed by atoms with Gasteiger partial charge in [-0.2, -0.15) is 0 Å². The van der Waals surface area contributed by atoms with E-state index in [4.69, 9.17) is 9.47 Å². The molecule has 0 saturated heterocycles. The van der Waals surface area contributed by atoms with Crippen LogP contribution in [0.3, 0.4) is 0 Å². The lowest BCUT2D eigenvalue weighted by Gasteiger charge is -2.18. The quantitative estimate of drug-likeness (QED) is 0.779. The Balaban J connectivity index is 3.16. The van der Waals surface area contributed by atoms with Crippen LogP contribution in [0.5, 0.6) is 11.5 Å². The number of likely N-dealkylation sites (N-methyl/N-ethyl adjacent to an activating group) is 1. The number of methoxy groups -OCH3 is 2. The largest absolute Gasteiger partial charge is 0.496 e. The summed E-state index contributed by atoms with van der Waals surface area (Å²) in [5, 5.41) is 13.0. The molecule has 1 aromatic carbocycles. The van der Waals surface area contributed by atoms with E-state index in [0.29, 0.717) is 12.3 Å². The first-order valence-corrected chi connectivity index (χ1v) is 6.25. The molecule has 4 heteroatoms. The number of benzene rings is 1. The van der Waals surface area contributed by atoms with Crippen LogP contribution in [0.1, 0.15) is 30.6 Å². The van der Waals surface area contributed by atoms with Crippen molar-refractivity contribution in [3.63, 3.8) is 0 Å². The second-order valence-electron chi connectivity index (χ2n) is 4.23. The molecule has 0 heterocycles. The Bertz CT molecular complexity index is 380. The molecule has 0 saturated carbocycles. The molecule has 1 aromatic rings. The first-order valence-electron chi connectivity index (χ1n) is 6.25. The number of rotatable bonds is 7. The number of ether oxygens (including phenoxy) is 2. The van der Waals surface area contributed by atoms with Crippen molar-refractivity contribution in [3.8, 4) is 11.5 Å². The van der Waals surface area contributed by atoms with Crippen molar-refractivity contribution in [2.45, 2.75) is 25.9 Å². The van der Waals surface area contributed by atoms with Crippen LogP contribution >= 0.6 is 0 Å². The Kier molecular flexibility index (Phi) is 5.95. The van der Waals surface area contributed by atoms with E-state index in [9.17, 15) is 5.11 Å². The Morgan fingerprint density at radius 2 is 1.89 bits per heavy atom. The van der Waals surface area contributed by atoms with Gasteiger partial charge in [-0.05, 0) is 31.2 Å². The SMILES string of the molecule is CCCc1cc(OC)c(C(O)CNC)cc1OC. The maximum atomic E-state index is 10.1. The summed E-state index contributed by atoms with van der Waals surface area (Å²) in [6.45, 7) is 2.60. The molecule has 0 bridgehead atoms. The van der Waals surface area contributed by atoms with Crippen LogP contribution < -0.4 is 14.8 Å². The van der Waals surface area contributed by atoms with E-state index in [1.807, 2.05) is 12.1 Å². The van der Waals surface area contributed by atoms with E-state index >= 15 is 0 Å². The number of nitrogens with one attached hydrogen (secondary N) is 1. The number of aliphatic hydroxyl groups is 1. The molecule has 0 aliphatic carbocycles. The van der Waals surface area contributed by atoms with Gasteiger partial charge in [-0.25, -0.2) is 0 Å². The molecule has 0 spiro atoms. The summed E-state index contributed by atoms with van der Waals surface area (Å²) in [5.74, 6) is 1.52. The van der Waals surface area contributed by atoms with Gasteiger partial charge in [-0.15, -0.1) is 0 Å². The standard InChI is InChI=1S/C14H23NO3/c1-5-6-10-7-14(18-4)11(8-13(10)17-3)12(16)9-15-2/h7-8,12,15-16H,5-6,9H2,1-4H3. The molecule has 1 rings (SSSR count). The lowest BCUT2D eigenvalue weighted by Crippen LogP contribution is -2.17. The van der Waals surface area contributed by atoms with Gasteiger partial charge in [0, 0.05) is 12.1 Å². The van der Waals surface area contributed by atoms with E-state index in [1.54, 1.807) is 21.3 Å². The molecule has 1 atom stereocenters. The van der Waals surface area contributed by atoms with Gasteiger partial charge < -0.3 is 19.9 Å². The van der Waals surface area contributed by atoms with Gasteiger partial charge in [0.15, 0.2) is 0 Å². The Morgan fingerprint density at radius 1 is 1.22 bits per heavy atom. The van der Waals surface area contributed by atoms with Crippen LogP contribution in [-0.2, 0) is 6.42 Å². The normalized spacial score (nSPS) is 12.3. The van der Waals surface area contributed by atoms with Crippen molar-refractivity contribution in [2.75, 3.05) is 27.8 Å². The van der Waals surface area contributed by atoms with Crippen LogP contribution in [0.2, 0.25) is 0 Å². The second-order valence-corrected chi connectivity index (χ2v) is 4.23. The van der Waals surface area contributed by atoms with Gasteiger partial charge in [-0.1, -0.05) is 13.3 Å². The molecule has 2 N–H and O–H groups in total. The maximum Gasteiger partial charge on any atom is 0.125 e. The topological polar surface area (TPSA) is 50.7 Å². The highest BCUT2D eigenvalue weighted by atomic mass is 16.5. The Labute approximate surface area is 109 Å². The molecule has 0 aromatic heterocycles. The molecule has 0 aliphatic heterocycles. The third-order valence-electron chi connectivity index (χ3n) is 2.91. The van der Waals surface area contributed by atoms with E-state index in [1.165, 1.54) is 0 Å². The minimum absolute atomic E-state index is 0.479. The summed E-state index contributed by atoms with van der Waals surface area (Å²) in [4.78, 5) is 0. The Hall–Kier alpha value is -1.26. The van der Waals surface area contributed by atoms with Crippen LogP contribution in [0, 0.1) is 0 Å². The Morgan fingerprint density at radius 3 is 2.39 bits per heavy atom. The highest BCUT2D eigenvalue weighted by Crippen LogP contribution is 2.33. The highest BCUT2D eigenvalue weighted by Gasteiger charge is 2.16. The maximum absolute atomic E-state index is 10.1. The van der Waals surface area contributed by atoms with E-state index < -0.39 is 6.10 Å². The van der Waals surface area contributed by atoms with Gasteiger partial charge in [0.1, 0.15) is 11.5 Å². The fraction of sp³-hybridized carbons (Fsp3) is 0.571. The van der Waals surface area contributed by atoms with Crippen molar-refractivity contribution in [1.29, 1.82) is 0 Å². The molecule has 4 nitrogen and oxygen atoms in total. The molecule has 102 valence electrons. The van der Waals surface area contributed by atoms with Crippen molar-refractivity contribution in [3.05, 3.63) is 23.3 Å². The monoisotopic (exact) mass is 253 g/mol. The lowest BCUT2D eigenvalue weighted by atomic mass is 10.0. The summed E-state index contributed by atoms with van der Waals surface area (Å²) in [6.07, 6.45) is 1.37. The van der Waals surface area contributed by atoms with Crippen LogP contribution in [0.4, 0.5) is 0 Å². The summed E-state index contributed by atoms with van der Waals surface area (Å²) < 4.78 is 10.7. The average molecular weight is 253 g/mol. The third-order valence-corrected chi connectivity index (χ3v) is 2.91. The van der Waals surface area contributed by atoms with Crippen molar-refractivity contribution < 1.29 is 14.6 Å². The van der Waals surface area contributed by atoms with E-state index in [2.05, 4.69) is 12.2 Å². The van der Waals surface area contributed by atoms with Gasteiger partial charge in [-0.3, -0.25) is 0 Å². The highest BCUT2D eigenvalue weighted by molar-refractivity contribution is 5.47. The number of hydrogen-bond acceptors (Lipinski definition) is 4. The fourth-order valence-corrected chi connectivity index (χ4v) is 2.01. The van der Waals surface area contributed by atoms with Gasteiger partial charge >= 0.3 is 0 Å². The van der Waals surface area contributed by atoms with E-state index in [-0.39, 0.29) is 0 Å². The molecular weight excluding hydrogens is 230 g/mol. The minimum Gasteiger partial charge on any atom is -0.496 e. The molecule has 18 heavy (non-hydrogen) atoms. The third kappa shape index (κ3) is 3.37. The first kappa shape index (κ1) is 14.8. The fourth-order valence-electron chi connectivity index (χ4n) is 2.01. The smallest absolute Gasteiger partial charge is 0.125 e. The van der Waals surface area contributed by atoms with Crippen molar-refractivity contribution in [1.82, 2.24) is 5.32 Å². The van der Waals surface area contributed by atoms with Gasteiger partial charge in [0.25, 0.3) is 0 Å². The zero-order valence-electron chi connectivity index (χ0n) is 11.6. The van der Waals surface area contributed by atoms with Crippen molar-refractivity contribution in [2.24, 2.45) is 0 Å². The second kappa shape index (κ2) is 7.24. The zero-order chi connectivity index (χ0) is 13.5. The molecule has 0 amide bonds. The average Bonchev–Trinajstić information content (AvgIpc) is 2.38. The lowest BCUT2D eigenvalue weighted by molar-refractivity contribution is 0.173. The van der Waals surface area contributed by atoms with Crippen LogP contribution in [0.15, 0.2) is 12.1 Å². The summed E-state index contributed by atoms with van der Waals surface area (Å²) >= 11 is 0. The number of aliphatic hydroxyl groups excluding tert-OH is 1. The predicted molar refractivity (Wildman–Crippen MR) is 72.4 cm³/mol. The van der Waals surface area contributed by atoms with Crippen LogP contribution in [-0.4, -0.2) is 32.9 Å². The summed E-state index contributed by atoms with van der Waals surface area (Å²) in [7, 11) is 5.07. The molecular formula is C14H23NO3. The summed E-state index contributed by atoms with van der Waals surface area (Å²) in [6, 6.07) is 3.82. The summed E-state index contributed by atoms with van der Waals surface area (Å²) in [5.41, 5.74) is 1.86.